The first kappa shape index (κ1) is 21.0. The van der Waals surface area contributed by atoms with Gasteiger partial charge in [-0.15, -0.1) is 0 Å². The quantitative estimate of drug-likeness (QED) is 0.719. The van der Waals surface area contributed by atoms with E-state index in [9.17, 15) is 5.11 Å². The van der Waals surface area contributed by atoms with E-state index in [0.717, 1.165) is 50.0 Å². The Morgan fingerprint density at radius 3 is 2.50 bits per heavy atom. The summed E-state index contributed by atoms with van der Waals surface area (Å²) in [4.78, 5) is 4.76. The number of hydrogen-bond donors (Lipinski definition) is 1. The highest BCUT2D eigenvalue weighted by molar-refractivity contribution is 5.44. The summed E-state index contributed by atoms with van der Waals surface area (Å²) in [6, 6.07) is 14.2. The molecular formula is C24H32N2O4. The summed E-state index contributed by atoms with van der Waals surface area (Å²) in [5, 5.41) is 10.5. The zero-order valence-corrected chi connectivity index (χ0v) is 17.9. The van der Waals surface area contributed by atoms with Crippen LogP contribution in [0.15, 0.2) is 42.5 Å². The van der Waals surface area contributed by atoms with Crippen molar-refractivity contribution in [1.29, 1.82) is 0 Å². The summed E-state index contributed by atoms with van der Waals surface area (Å²) >= 11 is 0. The van der Waals surface area contributed by atoms with E-state index in [2.05, 4.69) is 41.8 Å². The molecule has 0 aromatic heterocycles. The molecule has 1 unspecified atom stereocenters. The number of β-amino-alcohol motifs (C(OH)–C–C–N with tert-alkyl or cyclic N) is 1. The summed E-state index contributed by atoms with van der Waals surface area (Å²) < 4.78 is 16.8. The van der Waals surface area contributed by atoms with Crippen molar-refractivity contribution in [3.8, 4) is 17.2 Å². The summed E-state index contributed by atoms with van der Waals surface area (Å²) in [5.41, 5.74) is 2.42. The predicted molar refractivity (Wildman–Crippen MR) is 116 cm³/mol. The minimum absolute atomic E-state index is 0.312. The maximum Gasteiger partial charge on any atom is 0.231 e. The van der Waals surface area contributed by atoms with Crippen LogP contribution >= 0.6 is 0 Å². The van der Waals surface area contributed by atoms with Gasteiger partial charge in [0.15, 0.2) is 11.5 Å². The van der Waals surface area contributed by atoms with E-state index in [1.165, 1.54) is 11.1 Å². The number of aliphatic hydroxyl groups is 1. The molecule has 30 heavy (non-hydrogen) atoms. The zero-order chi connectivity index (χ0) is 20.9. The van der Waals surface area contributed by atoms with Crippen LogP contribution < -0.4 is 14.2 Å². The third kappa shape index (κ3) is 5.25. The molecule has 0 spiro atoms. The third-order valence-corrected chi connectivity index (χ3v) is 5.75. The van der Waals surface area contributed by atoms with E-state index in [1.54, 1.807) is 0 Å². The Morgan fingerprint density at radius 1 is 0.967 bits per heavy atom. The van der Waals surface area contributed by atoms with E-state index in [4.69, 9.17) is 14.2 Å². The van der Waals surface area contributed by atoms with Crippen molar-refractivity contribution in [3.63, 3.8) is 0 Å². The molecule has 0 amide bonds. The van der Waals surface area contributed by atoms with Gasteiger partial charge in [-0.1, -0.05) is 38.1 Å². The molecule has 162 valence electrons. The fourth-order valence-corrected chi connectivity index (χ4v) is 4.05. The fourth-order valence-electron chi connectivity index (χ4n) is 4.05. The number of ether oxygens (including phenoxy) is 3. The number of rotatable bonds is 8. The maximum atomic E-state index is 10.5. The normalized spacial score (nSPS) is 18.0. The van der Waals surface area contributed by atoms with Gasteiger partial charge in [-0.3, -0.25) is 9.80 Å². The number of para-hydroxylation sites is 1. The summed E-state index contributed by atoms with van der Waals surface area (Å²) in [6.45, 7) is 10.4. The first-order valence-corrected chi connectivity index (χ1v) is 10.8. The van der Waals surface area contributed by atoms with E-state index in [1.807, 2.05) is 24.3 Å². The van der Waals surface area contributed by atoms with Gasteiger partial charge in [0, 0.05) is 39.3 Å². The van der Waals surface area contributed by atoms with Crippen molar-refractivity contribution in [1.82, 2.24) is 9.80 Å². The van der Waals surface area contributed by atoms with Gasteiger partial charge in [-0.25, -0.2) is 0 Å². The average molecular weight is 413 g/mol. The molecule has 2 aliphatic rings. The van der Waals surface area contributed by atoms with Crippen LogP contribution in [0.2, 0.25) is 0 Å². The Hall–Kier alpha value is -2.28. The molecule has 2 aliphatic heterocycles. The number of aliphatic hydroxyl groups excluding tert-OH is 1. The average Bonchev–Trinajstić information content (AvgIpc) is 3.22. The lowest BCUT2D eigenvalue weighted by atomic mass is 10.0. The van der Waals surface area contributed by atoms with Crippen molar-refractivity contribution in [2.45, 2.75) is 32.4 Å². The van der Waals surface area contributed by atoms with Crippen molar-refractivity contribution >= 4 is 0 Å². The molecule has 2 aromatic carbocycles. The highest BCUT2D eigenvalue weighted by atomic mass is 16.7. The molecule has 1 fully saturated rings. The lowest BCUT2D eigenvalue weighted by molar-refractivity contribution is 0.0443. The molecule has 1 N–H and O–H groups in total. The van der Waals surface area contributed by atoms with Crippen LogP contribution in [0.25, 0.3) is 0 Å². The molecule has 2 aromatic rings. The SMILES string of the molecule is CC(C)c1ccccc1OCC(O)CN1CCN(Cc2ccc3c(c2)OCO3)CC1. The molecule has 0 radical (unpaired) electrons. The molecule has 1 saturated heterocycles. The minimum Gasteiger partial charge on any atom is -0.491 e. The molecule has 2 heterocycles. The van der Waals surface area contributed by atoms with Crippen LogP contribution in [0.1, 0.15) is 30.9 Å². The van der Waals surface area contributed by atoms with E-state index >= 15 is 0 Å². The van der Waals surface area contributed by atoms with E-state index in [0.29, 0.717) is 25.9 Å². The van der Waals surface area contributed by atoms with Gasteiger partial charge in [-0.2, -0.15) is 0 Å². The van der Waals surface area contributed by atoms with Crippen LogP contribution in [0.4, 0.5) is 0 Å². The Kier molecular flexibility index (Phi) is 6.77. The van der Waals surface area contributed by atoms with Crippen LogP contribution in [-0.4, -0.2) is 67.1 Å². The summed E-state index contributed by atoms with van der Waals surface area (Å²) in [7, 11) is 0. The Labute approximate surface area is 179 Å². The second-order valence-electron chi connectivity index (χ2n) is 8.42. The zero-order valence-electron chi connectivity index (χ0n) is 17.9. The van der Waals surface area contributed by atoms with Gasteiger partial charge in [0.2, 0.25) is 6.79 Å². The third-order valence-electron chi connectivity index (χ3n) is 5.75. The van der Waals surface area contributed by atoms with Gasteiger partial charge in [-0.05, 0) is 35.2 Å². The predicted octanol–water partition coefficient (Wildman–Crippen LogP) is 3.10. The lowest BCUT2D eigenvalue weighted by Crippen LogP contribution is -2.48. The van der Waals surface area contributed by atoms with Crippen molar-refractivity contribution in [3.05, 3.63) is 53.6 Å². The highest BCUT2D eigenvalue weighted by Gasteiger charge is 2.21. The van der Waals surface area contributed by atoms with Gasteiger partial charge >= 0.3 is 0 Å². The second kappa shape index (κ2) is 9.69. The molecular weight excluding hydrogens is 380 g/mol. The summed E-state index contributed by atoms with van der Waals surface area (Å²) in [6.07, 6.45) is -0.495. The second-order valence-corrected chi connectivity index (χ2v) is 8.42. The molecule has 4 rings (SSSR count). The van der Waals surface area contributed by atoms with Crippen molar-refractivity contribution in [2.75, 3.05) is 46.1 Å². The standard InChI is InChI=1S/C24H32N2O4/c1-18(2)21-5-3-4-6-22(21)28-16-20(27)15-26-11-9-25(10-12-26)14-19-7-8-23-24(13-19)30-17-29-23/h3-8,13,18,20,27H,9-12,14-17H2,1-2H3. The van der Waals surface area contributed by atoms with Crippen LogP contribution in [0.3, 0.4) is 0 Å². The largest absolute Gasteiger partial charge is 0.491 e. The molecule has 6 nitrogen and oxygen atoms in total. The number of fused-ring (bicyclic) bond motifs is 1. The van der Waals surface area contributed by atoms with Crippen LogP contribution in [0.5, 0.6) is 17.2 Å². The van der Waals surface area contributed by atoms with Crippen LogP contribution in [0, 0.1) is 0 Å². The van der Waals surface area contributed by atoms with E-state index in [-0.39, 0.29) is 0 Å². The first-order chi connectivity index (χ1) is 14.6. The molecule has 0 bridgehead atoms. The van der Waals surface area contributed by atoms with Gasteiger partial charge in [0.25, 0.3) is 0 Å². The topological polar surface area (TPSA) is 54.4 Å². The molecule has 0 aliphatic carbocycles. The lowest BCUT2D eigenvalue weighted by Gasteiger charge is -2.35. The Morgan fingerprint density at radius 2 is 1.70 bits per heavy atom. The Balaban J connectivity index is 1.20. The highest BCUT2D eigenvalue weighted by Crippen LogP contribution is 2.33. The number of hydrogen-bond acceptors (Lipinski definition) is 6. The van der Waals surface area contributed by atoms with Gasteiger partial charge < -0.3 is 19.3 Å². The fraction of sp³-hybridized carbons (Fsp3) is 0.500. The van der Waals surface area contributed by atoms with E-state index < -0.39 is 6.10 Å². The number of benzene rings is 2. The van der Waals surface area contributed by atoms with Crippen LogP contribution in [-0.2, 0) is 6.54 Å². The number of nitrogens with zero attached hydrogens (tertiary/aromatic N) is 2. The smallest absolute Gasteiger partial charge is 0.231 e. The maximum absolute atomic E-state index is 10.5. The first-order valence-electron chi connectivity index (χ1n) is 10.8. The monoisotopic (exact) mass is 412 g/mol. The minimum atomic E-state index is -0.495. The van der Waals surface area contributed by atoms with Crippen molar-refractivity contribution in [2.24, 2.45) is 0 Å². The number of piperazine rings is 1. The molecule has 1 atom stereocenters. The summed E-state index contributed by atoms with van der Waals surface area (Å²) in [5.74, 6) is 2.94. The Bertz CT molecular complexity index is 834. The van der Waals surface area contributed by atoms with Crippen molar-refractivity contribution < 1.29 is 19.3 Å². The molecule has 0 saturated carbocycles. The van der Waals surface area contributed by atoms with Gasteiger partial charge in [0.05, 0.1) is 0 Å². The van der Waals surface area contributed by atoms with Gasteiger partial charge in [0.1, 0.15) is 18.5 Å². The molecule has 6 heteroatoms.